The maximum atomic E-state index is 13.4. The van der Waals surface area contributed by atoms with Gasteiger partial charge in [0.05, 0.1) is 77.5 Å². The van der Waals surface area contributed by atoms with Crippen molar-refractivity contribution in [3.63, 3.8) is 0 Å². The van der Waals surface area contributed by atoms with Crippen LogP contribution in [0.3, 0.4) is 0 Å². The van der Waals surface area contributed by atoms with E-state index >= 15 is 0 Å². The number of aromatic carboxylic acids is 1. The predicted octanol–water partition coefficient (Wildman–Crippen LogP) is 10.00. The average Bonchev–Trinajstić information content (AvgIpc) is 3.95. The molecule has 0 atom stereocenters. The van der Waals surface area contributed by atoms with Gasteiger partial charge in [-0.2, -0.15) is 10.5 Å². The number of imidazole rings is 2. The van der Waals surface area contributed by atoms with Crippen LogP contribution in [-0.4, -0.2) is 94.4 Å². The highest BCUT2D eigenvalue weighted by Crippen LogP contribution is 2.36. The Morgan fingerprint density at radius 1 is 0.643 bits per heavy atom. The summed E-state index contributed by atoms with van der Waals surface area (Å²) in [5.74, 6) is 2.11. The van der Waals surface area contributed by atoms with Crippen LogP contribution in [0.5, 0.6) is 0 Å². The minimum absolute atomic E-state index is 0. The average molecular weight is 964 g/mol. The van der Waals surface area contributed by atoms with Gasteiger partial charge in [-0.15, -0.1) is 12.4 Å². The number of carboxylic acids is 1. The Bertz CT molecular complexity index is 2890. The Kier molecular flexibility index (Phi) is 16.1. The SMILES string of the molecule is Cc1ccc(C(=O)N2CCC(c3ccc(C#N)cc3)CC2)cc1-c1nc(C2(C)COC2)[nH]c1C.Cc1ccc(C(=O)O)cc1-c1nc(C2(C)COC2)[nH]c1C.Cl.N#Cc1ccc(C2CCNCC2)cc1. The number of halogens is 1. The third kappa shape index (κ3) is 11.2. The van der Waals surface area contributed by atoms with E-state index in [2.05, 4.69) is 60.3 Å². The van der Waals surface area contributed by atoms with Gasteiger partial charge in [0.1, 0.15) is 11.6 Å². The summed E-state index contributed by atoms with van der Waals surface area (Å²) in [6, 6.07) is 31.2. The predicted molar refractivity (Wildman–Crippen MR) is 273 cm³/mol. The largest absolute Gasteiger partial charge is 0.478 e. The first-order valence-electron chi connectivity index (χ1n) is 23.9. The third-order valence-electron chi connectivity index (χ3n) is 14.2. The van der Waals surface area contributed by atoms with E-state index in [1.54, 1.807) is 12.1 Å². The van der Waals surface area contributed by atoms with Crippen molar-refractivity contribution < 1.29 is 24.2 Å². The summed E-state index contributed by atoms with van der Waals surface area (Å²) in [5.41, 5.74) is 12.6. The molecule has 0 aliphatic carbocycles. The number of carboxylic acid groups (broad SMARTS) is 1. The smallest absolute Gasteiger partial charge is 0.335 e. The number of aryl methyl sites for hydroxylation is 4. The van der Waals surface area contributed by atoms with Gasteiger partial charge in [0.15, 0.2) is 0 Å². The van der Waals surface area contributed by atoms with E-state index in [1.165, 1.54) is 24.0 Å². The van der Waals surface area contributed by atoms with Gasteiger partial charge in [-0.25, -0.2) is 14.8 Å². The molecule has 0 saturated carbocycles. The lowest BCUT2D eigenvalue weighted by molar-refractivity contribution is -0.0539. The van der Waals surface area contributed by atoms with Crippen LogP contribution in [0.25, 0.3) is 22.5 Å². The van der Waals surface area contributed by atoms with E-state index in [1.807, 2.05) is 86.3 Å². The number of likely N-dealkylation sites (tertiary alicyclic amines) is 1. The summed E-state index contributed by atoms with van der Waals surface area (Å²) in [4.78, 5) is 42.9. The fraction of sp³-hybridized carbons (Fsp3) is 0.393. The van der Waals surface area contributed by atoms with Gasteiger partial charge in [-0.05, 0) is 163 Å². The molecule has 6 heterocycles. The van der Waals surface area contributed by atoms with E-state index in [0.717, 1.165) is 101 Å². The number of hydrogen-bond donors (Lipinski definition) is 4. The lowest BCUT2D eigenvalue weighted by atomic mass is 9.88. The summed E-state index contributed by atoms with van der Waals surface area (Å²) >= 11 is 0. The van der Waals surface area contributed by atoms with Crippen LogP contribution in [0.4, 0.5) is 0 Å². The summed E-state index contributed by atoms with van der Waals surface area (Å²) in [7, 11) is 0. The fourth-order valence-electron chi connectivity index (χ4n) is 9.54. The highest BCUT2D eigenvalue weighted by Gasteiger charge is 2.40. The number of nitrogens with one attached hydrogen (secondary N) is 3. The second kappa shape index (κ2) is 22.0. The summed E-state index contributed by atoms with van der Waals surface area (Å²) in [6.07, 6.45) is 4.29. The highest BCUT2D eigenvalue weighted by molar-refractivity contribution is 5.96. The standard InChI is InChI=1S/C28H30N4O2.C16H18N2O3.C12H14N2.ClH/c1-18-4-7-23(14-24(18)25-19(2)30-27(31-25)28(3)16-34-17-28)26(33)32-12-10-22(11-13-32)21-8-5-20(15-29)6-9-21;1-9-4-5-11(14(19)20)6-12(9)13-10(2)17-15(18-13)16(3)7-21-8-16;13-9-10-1-3-11(4-2-10)12-5-7-14-8-6-12;/h4-9,14,22H,10-13,16-17H2,1-3H3,(H,30,31);4-6H,7-8H2,1-3H3,(H,17,18)(H,19,20);1-4,12,14H,5-8H2;1H. The Morgan fingerprint density at radius 3 is 1.46 bits per heavy atom. The number of H-pyrrole nitrogens is 2. The molecule has 0 unspecified atom stereocenters. The monoisotopic (exact) mass is 962 g/mol. The molecule has 6 aromatic rings. The van der Waals surface area contributed by atoms with E-state index in [-0.39, 0.29) is 34.7 Å². The van der Waals surface area contributed by atoms with Crippen molar-refractivity contribution in [1.29, 1.82) is 10.5 Å². The summed E-state index contributed by atoms with van der Waals surface area (Å²) < 4.78 is 10.7. The van der Waals surface area contributed by atoms with Crippen molar-refractivity contribution in [2.45, 2.75) is 89.9 Å². The molecule has 10 rings (SSSR count). The molecule has 0 spiro atoms. The van der Waals surface area contributed by atoms with Crippen molar-refractivity contribution in [1.82, 2.24) is 30.2 Å². The number of aromatic nitrogens is 4. The Balaban J connectivity index is 0.000000170. The Morgan fingerprint density at radius 2 is 1.06 bits per heavy atom. The van der Waals surface area contributed by atoms with Crippen molar-refractivity contribution in [2.75, 3.05) is 52.6 Å². The summed E-state index contributed by atoms with van der Waals surface area (Å²) in [5, 5.41) is 30.2. The molecule has 4 N–H and O–H groups in total. The quantitative estimate of drug-likeness (QED) is 0.114. The van der Waals surface area contributed by atoms with Crippen molar-refractivity contribution in [3.05, 3.63) is 152 Å². The second-order valence-electron chi connectivity index (χ2n) is 19.6. The topological polar surface area (TPSA) is 193 Å². The zero-order valence-electron chi connectivity index (χ0n) is 40.9. The molecule has 14 heteroatoms. The van der Waals surface area contributed by atoms with Gasteiger partial charge in [0.25, 0.3) is 5.91 Å². The molecule has 4 aliphatic rings. The number of ether oxygens (including phenoxy) is 2. The molecule has 4 fully saturated rings. The van der Waals surface area contributed by atoms with Gasteiger partial charge in [-0.1, -0.05) is 36.4 Å². The van der Waals surface area contributed by atoms with Crippen LogP contribution in [0, 0.1) is 50.4 Å². The second-order valence-corrected chi connectivity index (χ2v) is 19.6. The number of benzene rings is 4. The molecule has 0 radical (unpaired) electrons. The van der Waals surface area contributed by atoms with E-state index in [4.69, 9.17) is 35.1 Å². The van der Waals surface area contributed by atoms with Crippen LogP contribution in [0.2, 0.25) is 0 Å². The number of piperidine rings is 2. The molecule has 70 heavy (non-hydrogen) atoms. The van der Waals surface area contributed by atoms with Gasteiger partial charge in [0.2, 0.25) is 0 Å². The first kappa shape index (κ1) is 51.2. The van der Waals surface area contributed by atoms with Crippen LogP contribution >= 0.6 is 12.4 Å². The number of carbonyl (C=O) groups excluding carboxylic acids is 1. The van der Waals surface area contributed by atoms with Crippen LogP contribution in [0.1, 0.15) is 128 Å². The van der Waals surface area contributed by atoms with Gasteiger partial charge >= 0.3 is 5.97 Å². The van der Waals surface area contributed by atoms with Crippen LogP contribution in [0.15, 0.2) is 84.9 Å². The molecule has 1 amide bonds. The Labute approximate surface area is 417 Å². The number of hydrogen-bond acceptors (Lipinski definition) is 9. The maximum Gasteiger partial charge on any atom is 0.335 e. The number of nitriles is 2. The molecule has 4 saturated heterocycles. The number of carbonyl (C=O) groups is 2. The maximum absolute atomic E-state index is 13.4. The first-order valence-corrected chi connectivity index (χ1v) is 23.9. The number of amides is 1. The van der Waals surface area contributed by atoms with E-state index < -0.39 is 5.97 Å². The minimum Gasteiger partial charge on any atom is -0.478 e. The number of aromatic amines is 2. The van der Waals surface area contributed by atoms with Crippen molar-refractivity contribution in [3.8, 4) is 34.7 Å². The highest BCUT2D eigenvalue weighted by atomic mass is 35.5. The van der Waals surface area contributed by atoms with E-state index in [9.17, 15) is 9.59 Å². The van der Waals surface area contributed by atoms with Gasteiger partial charge in [-0.3, -0.25) is 4.79 Å². The minimum atomic E-state index is -0.927. The number of rotatable bonds is 8. The first-order chi connectivity index (χ1) is 33.2. The molecular formula is C56H63ClN8O5. The summed E-state index contributed by atoms with van der Waals surface area (Å²) in [6.45, 7) is 18.7. The van der Waals surface area contributed by atoms with Crippen LogP contribution < -0.4 is 5.32 Å². The zero-order valence-corrected chi connectivity index (χ0v) is 41.8. The normalized spacial score (nSPS) is 17.1. The van der Waals surface area contributed by atoms with Crippen LogP contribution in [-0.2, 0) is 20.3 Å². The molecule has 4 aliphatic heterocycles. The lowest BCUT2D eigenvalue weighted by Gasteiger charge is -2.36. The Hall–Kier alpha value is -6.61. The molecule has 13 nitrogen and oxygen atoms in total. The molecule has 4 aromatic carbocycles. The van der Waals surface area contributed by atoms with Crippen molar-refractivity contribution >= 4 is 24.3 Å². The van der Waals surface area contributed by atoms with Gasteiger partial charge < -0.3 is 34.8 Å². The molecule has 0 bridgehead atoms. The zero-order chi connectivity index (χ0) is 48.9. The molecule has 364 valence electrons. The fourth-order valence-corrected chi connectivity index (χ4v) is 9.54. The van der Waals surface area contributed by atoms with Crippen molar-refractivity contribution in [2.24, 2.45) is 0 Å². The van der Waals surface area contributed by atoms with E-state index in [0.29, 0.717) is 49.4 Å². The number of nitrogens with zero attached hydrogens (tertiary/aromatic N) is 5. The molecular weight excluding hydrogens is 900 g/mol. The van der Waals surface area contributed by atoms with Gasteiger partial charge in [0, 0.05) is 41.2 Å². The molecule has 2 aromatic heterocycles. The lowest BCUT2D eigenvalue weighted by Crippen LogP contribution is -2.44. The third-order valence-corrected chi connectivity index (χ3v) is 14.2.